The molecule has 0 atom stereocenters. The number of rotatable bonds is 7. The molecule has 0 aromatic heterocycles. The Bertz CT molecular complexity index is 134. The first kappa shape index (κ1) is 12.8. The Labute approximate surface area is 80.6 Å². The van der Waals surface area contributed by atoms with Gasteiger partial charge in [0.15, 0.2) is 0 Å². The van der Waals surface area contributed by atoms with Crippen molar-refractivity contribution in [3.8, 4) is 0 Å². The highest BCUT2D eigenvalue weighted by atomic mass is 31.2. The van der Waals surface area contributed by atoms with Crippen LogP contribution in [0, 0.1) is 0 Å². The summed E-state index contributed by atoms with van der Waals surface area (Å²) in [7, 11) is -1.46. The summed E-state index contributed by atoms with van der Waals surface area (Å²) in [6, 6.07) is 0. The first-order valence-electron chi connectivity index (χ1n) is 4.51. The summed E-state index contributed by atoms with van der Waals surface area (Å²) >= 11 is 0. The Balaban J connectivity index is 3.71. The van der Waals surface area contributed by atoms with Gasteiger partial charge in [-0.3, -0.25) is 4.79 Å². The molecule has 78 valence electrons. The van der Waals surface area contributed by atoms with Crippen LogP contribution in [0.4, 0.5) is 0 Å². The molecule has 13 heavy (non-hydrogen) atoms. The highest BCUT2D eigenvalue weighted by molar-refractivity contribution is 7.42. The Hall–Kier alpha value is -0.180. The van der Waals surface area contributed by atoms with E-state index in [1.807, 2.05) is 20.8 Å². The van der Waals surface area contributed by atoms with Gasteiger partial charge in [0, 0.05) is 6.42 Å². The van der Waals surface area contributed by atoms with Crippen molar-refractivity contribution >= 4 is 14.6 Å². The van der Waals surface area contributed by atoms with E-state index in [2.05, 4.69) is 0 Å². The Morgan fingerprint density at radius 1 is 1.15 bits per heavy atom. The van der Waals surface area contributed by atoms with Crippen LogP contribution in [-0.2, 0) is 18.4 Å². The summed E-state index contributed by atoms with van der Waals surface area (Å²) in [6.45, 7) is 6.57. The highest BCUT2D eigenvalue weighted by Gasteiger charge is 2.15. The molecule has 0 aliphatic carbocycles. The number of hydrogen-bond acceptors (Lipinski definition) is 4. The molecule has 4 nitrogen and oxygen atoms in total. The topological polar surface area (TPSA) is 44.8 Å². The summed E-state index contributed by atoms with van der Waals surface area (Å²) in [5, 5.41) is 0. The van der Waals surface area contributed by atoms with E-state index in [0.717, 1.165) is 6.42 Å². The zero-order valence-corrected chi connectivity index (χ0v) is 9.30. The maximum absolute atomic E-state index is 11.0. The average molecular weight is 208 g/mol. The lowest BCUT2D eigenvalue weighted by Crippen LogP contribution is -2.03. The minimum atomic E-state index is -1.46. The normalized spacial score (nSPS) is 10.5. The van der Waals surface area contributed by atoms with Crippen LogP contribution < -0.4 is 0 Å². The molecule has 0 aromatic carbocycles. The van der Waals surface area contributed by atoms with E-state index in [4.69, 9.17) is 13.6 Å². The Morgan fingerprint density at radius 3 is 2.08 bits per heavy atom. The van der Waals surface area contributed by atoms with Crippen molar-refractivity contribution in [1.29, 1.82) is 0 Å². The number of hydrogen-bond donors (Lipinski definition) is 0. The molecule has 0 rings (SSSR count). The Kier molecular flexibility index (Phi) is 8.30. The molecule has 0 aliphatic rings. The van der Waals surface area contributed by atoms with Crippen LogP contribution in [0.3, 0.4) is 0 Å². The zero-order valence-electron chi connectivity index (χ0n) is 8.41. The molecule has 0 amide bonds. The second-order valence-corrected chi connectivity index (χ2v) is 3.42. The maximum Gasteiger partial charge on any atom is 0.399 e. The van der Waals surface area contributed by atoms with Crippen molar-refractivity contribution in [3.05, 3.63) is 0 Å². The lowest BCUT2D eigenvalue weighted by molar-refractivity contribution is -0.135. The molecule has 0 spiro atoms. The first-order valence-corrected chi connectivity index (χ1v) is 5.60. The standard InChI is InChI=1S/C8H17O4P/c1-4-7-8(9)12-13(10-5-2)11-6-3/h4-7H2,1-3H3. The molecule has 0 radical (unpaired) electrons. The van der Waals surface area contributed by atoms with Crippen LogP contribution in [0.5, 0.6) is 0 Å². The van der Waals surface area contributed by atoms with Crippen LogP contribution in [0.15, 0.2) is 0 Å². The molecule has 0 saturated heterocycles. The molecular formula is C8H17O4P. The molecule has 0 N–H and O–H groups in total. The van der Waals surface area contributed by atoms with E-state index in [0.29, 0.717) is 19.6 Å². The second kappa shape index (κ2) is 8.42. The maximum atomic E-state index is 11.0. The molecule has 0 aliphatic heterocycles. The predicted octanol–water partition coefficient (Wildman–Crippen LogP) is 2.63. The Morgan fingerprint density at radius 2 is 1.69 bits per heavy atom. The fourth-order valence-electron chi connectivity index (χ4n) is 0.634. The van der Waals surface area contributed by atoms with Gasteiger partial charge in [-0.15, -0.1) is 0 Å². The SMILES string of the molecule is CCCC(=O)OP(OCC)OCC. The first-order chi connectivity index (χ1) is 6.24. The van der Waals surface area contributed by atoms with Crippen molar-refractivity contribution in [2.45, 2.75) is 33.6 Å². The van der Waals surface area contributed by atoms with E-state index < -0.39 is 8.60 Å². The smallest absolute Gasteiger partial charge is 0.394 e. The van der Waals surface area contributed by atoms with Gasteiger partial charge < -0.3 is 13.6 Å². The highest BCUT2D eigenvalue weighted by Crippen LogP contribution is 2.39. The predicted molar refractivity (Wildman–Crippen MR) is 51.2 cm³/mol. The number of carbonyl (C=O) groups excluding carboxylic acids is 1. The van der Waals surface area contributed by atoms with Crippen LogP contribution in [0.1, 0.15) is 33.6 Å². The van der Waals surface area contributed by atoms with Gasteiger partial charge in [-0.25, -0.2) is 0 Å². The van der Waals surface area contributed by atoms with Gasteiger partial charge in [-0.05, 0) is 20.3 Å². The van der Waals surface area contributed by atoms with Crippen molar-refractivity contribution in [3.63, 3.8) is 0 Å². The molecular weight excluding hydrogens is 191 g/mol. The van der Waals surface area contributed by atoms with E-state index in [1.165, 1.54) is 0 Å². The van der Waals surface area contributed by atoms with E-state index in [9.17, 15) is 4.79 Å². The van der Waals surface area contributed by atoms with Gasteiger partial charge in [0.25, 0.3) is 0 Å². The third-order valence-corrected chi connectivity index (χ3v) is 2.39. The van der Waals surface area contributed by atoms with Crippen LogP contribution in [-0.4, -0.2) is 19.2 Å². The second-order valence-electron chi connectivity index (χ2n) is 2.27. The fraction of sp³-hybridized carbons (Fsp3) is 0.875. The van der Waals surface area contributed by atoms with Gasteiger partial charge in [-0.1, -0.05) is 6.92 Å². The molecule has 5 heteroatoms. The van der Waals surface area contributed by atoms with Crippen LogP contribution >= 0.6 is 8.60 Å². The van der Waals surface area contributed by atoms with Gasteiger partial charge >= 0.3 is 14.6 Å². The molecule has 0 aromatic rings. The van der Waals surface area contributed by atoms with E-state index in [1.54, 1.807) is 0 Å². The van der Waals surface area contributed by atoms with Crippen molar-refractivity contribution in [1.82, 2.24) is 0 Å². The summed E-state index contributed by atoms with van der Waals surface area (Å²) in [5.74, 6) is -0.254. The van der Waals surface area contributed by atoms with Gasteiger partial charge in [0.1, 0.15) is 0 Å². The molecule has 0 fully saturated rings. The molecule has 0 saturated carbocycles. The molecule has 0 heterocycles. The third kappa shape index (κ3) is 6.94. The summed E-state index contributed by atoms with van der Waals surface area (Å²) in [6.07, 6.45) is 1.19. The van der Waals surface area contributed by atoms with Crippen molar-refractivity contribution < 1.29 is 18.4 Å². The zero-order chi connectivity index (χ0) is 10.1. The molecule has 0 bridgehead atoms. The average Bonchev–Trinajstić information content (AvgIpc) is 2.05. The molecule has 0 unspecified atom stereocenters. The quantitative estimate of drug-likeness (QED) is 0.603. The minimum absolute atomic E-state index is 0.254. The summed E-state index contributed by atoms with van der Waals surface area (Å²) in [5.41, 5.74) is 0. The monoisotopic (exact) mass is 208 g/mol. The summed E-state index contributed by atoms with van der Waals surface area (Å²) < 4.78 is 15.2. The van der Waals surface area contributed by atoms with Gasteiger partial charge in [0.2, 0.25) is 0 Å². The largest absolute Gasteiger partial charge is 0.399 e. The van der Waals surface area contributed by atoms with Gasteiger partial charge in [-0.2, -0.15) is 0 Å². The van der Waals surface area contributed by atoms with E-state index in [-0.39, 0.29) is 5.97 Å². The van der Waals surface area contributed by atoms with Crippen LogP contribution in [0.25, 0.3) is 0 Å². The van der Waals surface area contributed by atoms with E-state index >= 15 is 0 Å². The minimum Gasteiger partial charge on any atom is -0.394 e. The summed E-state index contributed by atoms with van der Waals surface area (Å²) in [4.78, 5) is 11.0. The van der Waals surface area contributed by atoms with Crippen molar-refractivity contribution in [2.75, 3.05) is 13.2 Å². The van der Waals surface area contributed by atoms with Crippen LogP contribution in [0.2, 0.25) is 0 Å². The lowest BCUT2D eigenvalue weighted by Gasteiger charge is -2.13. The van der Waals surface area contributed by atoms with Crippen molar-refractivity contribution in [2.24, 2.45) is 0 Å². The fourth-order valence-corrected chi connectivity index (χ4v) is 1.49. The van der Waals surface area contributed by atoms with Gasteiger partial charge in [0.05, 0.1) is 13.2 Å². The number of carbonyl (C=O) groups is 1. The third-order valence-electron chi connectivity index (χ3n) is 1.10. The lowest BCUT2D eigenvalue weighted by atomic mass is 10.4.